The molecule has 0 bridgehead atoms. The van der Waals surface area contributed by atoms with Gasteiger partial charge in [-0.1, -0.05) is 40.7 Å². The van der Waals surface area contributed by atoms with E-state index in [1.54, 1.807) is 44.3 Å². The summed E-state index contributed by atoms with van der Waals surface area (Å²) >= 11 is 1.93. The molecule has 4 aromatic rings. The fourth-order valence-corrected chi connectivity index (χ4v) is 7.56. The average molecular weight is 814 g/mol. The summed E-state index contributed by atoms with van der Waals surface area (Å²) in [5.41, 5.74) is 4.82. The van der Waals surface area contributed by atoms with E-state index in [4.69, 9.17) is 29.0 Å². The molecule has 5 rings (SSSR count). The number of methoxy groups -OCH3 is 1. The molecule has 0 radical (unpaired) electrons. The molecule has 0 amide bonds. The number of aliphatic hydroxyl groups excluding tert-OH is 1. The van der Waals surface area contributed by atoms with Crippen LogP contribution in [-0.4, -0.2) is 84.9 Å². The lowest BCUT2D eigenvalue weighted by Crippen LogP contribution is -2.45. The first-order valence-electron chi connectivity index (χ1n) is 15.5. The summed E-state index contributed by atoms with van der Waals surface area (Å²) in [6, 6.07) is 7.38. The Morgan fingerprint density at radius 2 is 1.98 bits per heavy atom. The van der Waals surface area contributed by atoms with E-state index >= 15 is 0 Å². The number of nitrogens with two attached hydrogens (primary N) is 1. The van der Waals surface area contributed by atoms with Crippen molar-refractivity contribution in [3.05, 3.63) is 40.4 Å². The molecular weight excluding hydrogens is 772 g/mol. The normalized spacial score (nSPS) is 23.1. The van der Waals surface area contributed by atoms with E-state index in [2.05, 4.69) is 25.0 Å². The molecule has 1 saturated heterocycles. The topological polar surface area (TPSA) is 215 Å². The first-order valence-corrected chi connectivity index (χ1v) is 18.1. The number of rotatable bonds is 12. The molecule has 1 aliphatic rings. The number of carbonyl (C=O) groups is 1. The highest BCUT2D eigenvalue weighted by Crippen LogP contribution is 2.48. The molecule has 266 valence electrons. The number of pyridine rings is 1. The van der Waals surface area contributed by atoms with Gasteiger partial charge < -0.3 is 34.7 Å². The molecule has 18 heteroatoms. The van der Waals surface area contributed by atoms with Crippen LogP contribution >= 0.6 is 30.3 Å². The van der Waals surface area contributed by atoms with Gasteiger partial charge in [-0.3, -0.25) is 18.9 Å². The molecule has 4 heterocycles. The van der Waals surface area contributed by atoms with Gasteiger partial charge in [-0.15, -0.1) is 0 Å². The van der Waals surface area contributed by atoms with Crippen molar-refractivity contribution in [3.8, 4) is 11.6 Å². The molecular formula is C31H41IN7O9P. The van der Waals surface area contributed by atoms with E-state index in [0.29, 0.717) is 14.7 Å². The lowest BCUT2D eigenvalue weighted by atomic mass is 9.96. The summed E-state index contributed by atoms with van der Waals surface area (Å²) in [5.74, 6) is -0.847. The van der Waals surface area contributed by atoms with E-state index in [9.17, 15) is 19.6 Å². The number of fused-ring (bicyclic) bond motifs is 2. The van der Waals surface area contributed by atoms with E-state index in [1.165, 1.54) is 18.6 Å². The zero-order chi connectivity index (χ0) is 35.9. The second-order valence-electron chi connectivity index (χ2n) is 13.5. The van der Waals surface area contributed by atoms with Crippen LogP contribution in [0.1, 0.15) is 47.8 Å². The van der Waals surface area contributed by atoms with Crippen molar-refractivity contribution < 1.29 is 42.8 Å². The molecule has 0 saturated carbocycles. The number of hydrogen-bond donors (Lipinski definition) is 4. The van der Waals surface area contributed by atoms with Gasteiger partial charge in [0.15, 0.2) is 21.2 Å². The molecule has 1 aromatic carbocycles. The molecule has 0 spiro atoms. The summed E-state index contributed by atoms with van der Waals surface area (Å²) in [7, 11) is -3.03. The largest absolute Gasteiger partial charge is 0.479 e. The Hall–Kier alpha value is -3.19. The number of hydrogen-bond acceptors (Lipinski definition) is 14. The third-order valence-electron chi connectivity index (χ3n) is 7.74. The van der Waals surface area contributed by atoms with Crippen LogP contribution in [0, 0.1) is 15.2 Å². The molecule has 49 heavy (non-hydrogen) atoms. The number of aromatic nitrogens is 5. The number of aliphatic hydroxyl groups is 2. The highest BCUT2D eigenvalue weighted by atomic mass is 127. The van der Waals surface area contributed by atoms with Crippen LogP contribution < -0.4 is 20.1 Å². The minimum atomic E-state index is -4.43. The molecule has 1 fully saturated rings. The highest BCUT2D eigenvalue weighted by Gasteiger charge is 2.55. The maximum absolute atomic E-state index is 14.6. The van der Waals surface area contributed by atoms with Crippen molar-refractivity contribution in [1.82, 2.24) is 29.6 Å². The molecule has 5 N–H and O–H groups in total. The third kappa shape index (κ3) is 8.08. The average Bonchev–Trinajstić information content (AvgIpc) is 3.47. The Morgan fingerprint density at radius 1 is 1.24 bits per heavy atom. The van der Waals surface area contributed by atoms with Gasteiger partial charge in [0.2, 0.25) is 11.8 Å². The maximum atomic E-state index is 14.6. The second-order valence-corrected chi connectivity index (χ2v) is 16.1. The van der Waals surface area contributed by atoms with Gasteiger partial charge >= 0.3 is 13.7 Å². The van der Waals surface area contributed by atoms with E-state index in [0.717, 1.165) is 0 Å². The summed E-state index contributed by atoms with van der Waals surface area (Å²) in [6.07, 6.45) is -2.39. The van der Waals surface area contributed by atoms with Crippen LogP contribution in [0.25, 0.3) is 22.1 Å². The SMILES string of the molecule is COc1nc(N)nc2c1nc(I)n2C1O[C@H](COP(=O)(N[C@H](C(=O)OCC(C)(C)C)C(C)C)Oc2ccc3ncccc3c2)[C@@H](O)[C@@]1(C)O. The van der Waals surface area contributed by atoms with Crippen LogP contribution in [0.3, 0.4) is 0 Å². The van der Waals surface area contributed by atoms with Crippen LogP contribution in [0.15, 0.2) is 36.5 Å². The number of anilines is 1. The fourth-order valence-electron chi connectivity index (χ4n) is 5.17. The fraction of sp³-hybridized carbons (Fsp3) is 0.516. The number of esters is 1. The Labute approximate surface area is 296 Å². The van der Waals surface area contributed by atoms with Crippen molar-refractivity contribution in [2.75, 3.05) is 26.1 Å². The Kier molecular flexibility index (Phi) is 10.7. The van der Waals surface area contributed by atoms with Crippen LogP contribution in [-0.2, 0) is 23.4 Å². The Bertz CT molecular complexity index is 1880. The number of halogens is 1. The smallest absolute Gasteiger partial charge is 0.459 e. The van der Waals surface area contributed by atoms with Gasteiger partial charge in [-0.2, -0.15) is 15.1 Å². The summed E-state index contributed by atoms with van der Waals surface area (Å²) in [6.45, 7) is 10.3. The quantitative estimate of drug-likeness (QED) is 0.0689. The lowest BCUT2D eigenvalue weighted by Gasteiger charge is -2.29. The monoisotopic (exact) mass is 813 g/mol. The van der Waals surface area contributed by atoms with E-state index in [-0.39, 0.29) is 40.8 Å². The molecule has 3 aromatic heterocycles. The van der Waals surface area contributed by atoms with Crippen LogP contribution in [0.4, 0.5) is 5.95 Å². The van der Waals surface area contributed by atoms with Gasteiger partial charge in [0, 0.05) is 34.2 Å². The van der Waals surface area contributed by atoms with Gasteiger partial charge in [-0.05, 0) is 42.5 Å². The maximum Gasteiger partial charge on any atom is 0.459 e. The number of ether oxygens (including phenoxy) is 3. The second kappa shape index (κ2) is 14.2. The highest BCUT2D eigenvalue weighted by molar-refractivity contribution is 14.1. The van der Waals surface area contributed by atoms with Crippen molar-refractivity contribution in [2.45, 2.75) is 71.6 Å². The van der Waals surface area contributed by atoms with Crippen molar-refractivity contribution >= 4 is 64.3 Å². The molecule has 16 nitrogen and oxygen atoms in total. The van der Waals surface area contributed by atoms with Gasteiger partial charge in [0.1, 0.15) is 29.6 Å². The summed E-state index contributed by atoms with van der Waals surface area (Å²) in [5, 5.41) is 26.4. The predicted octanol–water partition coefficient (Wildman–Crippen LogP) is 3.99. The van der Waals surface area contributed by atoms with Gasteiger partial charge in [-0.25, -0.2) is 9.55 Å². The van der Waals surface area contributed by atoms with Crippen molar-refractivity contribution in [1.29, 1.82) is 0 Å². The van der Waals surface area contributed by atoms with E-state index < -0.39 is 56.3 Å². The molecule has 2 unspecified atom stereocenters. The number of benzene rings is 1. The first-order chi connectivity index (χ1) is 22.9. The Morgan fingerprint density at radius 3 is 2.65 bits per heavy atom. The number of carbonyl (C=O) groups excluding carboxylic acids is 1. The number of nitrogens with zero attached hydrogens (tertiary/aromatic N) is 5. The van der Waals surface area contributed by atoms with E-state index in [1.807, 2.05) is 49.4 Å². The van der Waals surface area contributed by atoms with Crippen LogP contribution in [0.5, 0.6) is 11.6 Å². The van der Waals surface area contributed by atoms with Crippen LogP contribution in [0.2, 0.25) is 0 Å². The predicted molar refractivity (Wildman–Crippen MR) is 188 cm³/mol. The minimum absolute atomic E-state index is 0.102. The molecule has 6 atom stereocenters. The number of nitrogen functional groups attached to an aromatic ring is 1. The van der Waals surface area contributed by atoms with Gasteiger partial charge in [0.25, 0.3) is 0 Å². The zero-order valence-corrected chi connectivity index (χ0v) is 31.2. The van der Waals surface area contributed by atoms with Crippen molar-refractivity contribution in [2.24, 2.45) is 11.3 Å². The standard InChI is InChI=1S/C31H41IN7O9P/c1-16(2)21(26(41)45-15-30(3,4)5)38-49(43,48-18-10-11-19-17(13-18)9-8-12-34-19)46-14-20-23(40)31(6,42)27(47-20)39-24-22(35-28(39)32)25(44-7)37-29(33)36-24/h8-13,16,20-21,23,27,40,42H,14-15H2,1-7H3,(H,38,43)(H2,33,36,37)/t20-,21+,23-,27?,31-,49?/m1/s1. The minimum Gasteiger partial charge on any atom is -0.479 e. The number of nitrogens with one attached hydrogen (secondary N) is 1. The number of imidazole rings is 1. The first kappa shape index (κ1) is 37.1. The lowest BCUT2D eigenvalue weighted by molar-refractivity contribution is -0.149. The summed E-state index contributed by atoms with van der Waals surface area (Å²) < 4.78 is 45.3. The Balaban J connectivity index is 1.44. The van der Waals surface area contributed by atoms with Gasteiger partial charge in [0.05, 0.1) is 25.8 Å². The summed E-state index contributed by atoms with van der Waals surface area (Å²) in [4.78, 5) is 30.3. The zero-order valence-electron chi connectivity index (χ0n) is 28.2. The van der Waals surface area contributed by atoms with Crippen molar-refractivity contribution in [3.63, 3.8) is 0 Å². The molecule has 1 aliphatic heterocycles. The molecule has 0 aliphatic carbocycles. The third-order valence-corrected chi connectivity index (χ3v) is 10.0.